The first-order valence-corrected chi connectivity index (χ1v) is 2.87. The Labute approximate surface area is 54.1 Å². The molecular formula is C6H9N2O. The molecule has 3 heteroatoms. The summed E-state index contributed by atoms with van der Waals surface area (Å²) >= 11 is 0. The molecule has 9 heavy (non-hydrogen) atoms. The molecule has 3 nitrogen and oxygen atoms in total. The summed E-state index contributed by atoms with van der Waals surface area (Å²) in [6.07, 6.45) is 3.44. The molecule has 0 aliphatic heterocycles. The molecule has 0 atom stereocenters. The Balaban J connectivity index is 2.30. The Bertz CT molecular complexity index is 148. The number of aromatic nitrogens is 2. The zero-order valence-corrected chi connectivity index (χ0v) is 5.29. The van der Waals surface area contributed by atoms with E-state index >= 15 is 0 Å². The molecule has 0 unspecified atom stereocenters. The monoisotopic (exact) mass is 125 g/mol. The molecular weight excluding hydrogens is 116 g/mol. The first-order valence-electron chi connectivity index (χ1n) is 2.87. The van der Waals surface area contributed by atoms with Gasteiger partial charge in [0, 0.05) is 19.0 Å². The molecule has 0 bridgehead atoms. The lowest BCUT2D eigenvalue weighted by molar-refractivity contribution is 0.226. The number of ether oxygens (including phenoxy) is 1. The summed E-state index contributed by atoms with van der Waals surface area (Å²) in [7, 11) is 0. The number of hydrogen-bond acceptors (Lipinski definition) is 2. The third kappa shape index (κ3) is 1.85. The minimum Gasteiger partial charge on any atom is -0.367 e. The number of imidazole rings is 1. The van der Waals surface area contributed by atoms with Gasteiger partial charge in [-0.05, 0) is 6.92 Å². The van der Waals surface area contributed by atoms with Crippen LogP contribution in [0.3, 0.4) is 0 Å². The van der Waals surface area contributed by atoms with E-state index in [1.807, 2.05) is 6.92 Å². The summed E-state index contributed by atoms with van der Waals surface area (Å²) < 4.78 is 4.96. The van der Waals surface area contributed by atoms with E-state index in [2.05, 4.69) is 9.97 Å². The molecule has 1 radical (unpaired) electrons. The third-order valence-electron chi connectivity index (χ3n) is 0.881. The molecule has 1 aromatic heterocycles. The largest absolute Gasteiger partial charge is 0.367 e. The van der Waals surface area contributed by atoms with Gasteiger partial charge in [-0.15, -0.1) is 0 Å². The Morgan fingerprint density at radius 2 is 2.78 bits per heavy atom. The van der Waals surface area contributed by atoms with Gasteiger partial charge in [-0.3, -0.25) is 0 Å². The summed E-state index contributed by atoms with van der Waals surface area (Å²) in [5.74, 6) is 0.761. The highest BCUT2D eigenvalue weighted by molar-refractivity contribution is 4.94. The zero-order chi connectivity index (χ0) is 6.53. The summed E-state index contributed by atoms with van der Waals surface area (Å²) in [5.41, 5.74) is 0. The lowest BCUT2D eigenvalue weighted by Crippen LogP contribution is -1.89. The number of nitrogens with one attached hydrogen (secondary N) is 1. The van der Waals surface area contributed by atoms with Crippen LogP contribution in [0.2, 0.25) is 0 Å². The van der Waals surface area contributed by atoms with E-state index in [-0.39, 0.29) is 0 Å². The van der Waals surface area contributed by atoms with Crippen molar-refractivity contribution < 1.29 is 4.74 Å². The Kier molecular flexibility index (Phi) is 2.27. The lowest BCUT2D eigenvalue weighted by Gasteiger charge is -1.92. The van der Waals surface area contributed by atoms with Gasteiger partial charge in [-0.25, -0.2) is 4.98 Å². The quantitative estimate of drug-likeness (QED) is 0.653. The molecule has 0 aliphatic carbocycles. The van der Waals surface area contributed by atoms with Crippen LogP contribution < -0.4 is 0 Å². The van der Waals surface area contributed by atoms with Crippen LogP contribution in [0, 0.1) is 6.61 Å². The van der Waals surface area contributed by atoms with E-state index in [1.165, 1.54) is 0 Å². The topological polar surface area (TPSA) is 37.9 Å². The summed E-state index contributed by atoms with van der Waals surface area (Å²) in [6.45, 7) is 4.21. The van der Waals surface area contributed by atoms with Crippen molar-refractivity contribution >= 4 is 0 Å². The Morgan fingerprint density at radius 3 is 3.33 bits per heavy atom. The Morgan fingerprint density at radius 1 is 1.89 bits per heavy atom. The standard InChI is InChI=1S/C6H9N2O/c1-2-9-5-6-7-3-4-8-6/h3-5H,2H2,1H3,(H,7,8). The van der Waals surface area contributed by atoms with Gasteiger partial charge in [-0.1, -0.05) is 0 Å². The van der Waals surface area contributed by atoms with E-state index in [0.717, 1.165) is 5.82 Å². The first-order chi connectivity index (χ1) is 4.43. The highest BCUT2D eigenvalue weighted by Crippen LogP contribution is 1.92. The summed E-state index contributed by atoms with van der Waals surface area (Å²) in [5, 5.41) is 0. The van der Waals surface area contributed by atoms with Gasteiger partial charge in [0.15, 0.2) is 0 Å². The molecule has 0 amide bonds. The predicted octanol–water partition coefficient (Wildman–Crippen LogP) is 0.956. The molecule has 1 aromatic rings. The fourth-order valence-electron chi connectivity index (χ4n) is 0.504. The fraction of sp³-hybridized carbons (Fsp3) is 0.333. The van der Waals surface area contributed by atoms with E-state index in [4.69, 9.17) is 4.74 Å². The minimum absolute atomic E-state index is 0.681. The highest BCUT2D eigenvalue weighted by atomic mass is 16.5. The molecule has 1 rings (SSSR count). The maximum Gasteiger partial charge on any atom is 0.148 e. The second kappa shape index (κ2) is 3.25. The van der Waals surface area contributed by atoms with Crippen LogP contribution in [0.4, 0.5) is 0 Å². The van der Waals surface area contributed by atoms with E-state index in [0.29, 0.717) is 6.61 Å². The first kappa shape index (κ1) is 6.29. The van der Waals surface area contributed by atoms with Crippen molar-refractivity contribution in [3.63, 3.8) is 0 Å². The maximum atomic E-state index is 4.96. The molecule has 0 saturated carbocycles. The molecule has 1 heterocycles. The van der Waals surface area contributed by atoms with Crippen LogP contribution in [-0.2, 0) is 4.74 Å². The van der Waals surface area contributed by atoms with Gasteiger partial charge in [-0.2, -0.15) is 0 Å². The summed E-state index contributed by atoms with van der Waals surface area (Å²) in [6, 6.07) is 0. The van der Waals surface area contributed by atoms with Gasteiger partial charge < -0.3 is 9.72 Å². The van der Waals surface area contributed by atoms with Crippen LogP contribution in [0.5, 0.6) is 0 Å². The maximum absolute atomic E-state index is 4.96. The zero-order valence-electron chi connectivity index (χ0n) is 5.29. The molecule has 49 valence electrons. The van der Waals surface area contributed by atoms with Crippen molar-refractivity contribution in [1.82, 2.24) is 9.97 Å². The van der Waals surface area contributed by atoms with Gasteiger partial charge in [0.1, 0.15) is 12.4 Å². The van der Waals surface area contributed by atoms with Gasteiger partial charge in [0.2, 0.25) is 0 Å². The number of nitrogens with zero attached hydrogens (tertiary/aromatic N) is 1. The van der Waals surface area contributed by atoms with Crippen molar-refractivity contribution in [3.8, 4) is 0 Å². The minimum atomic E-state index is 0.681. The predicted molar refractivity (Wildman–Crippen MR) is 33.6 cm³/mol. The number of H-pyrrole nitrogens is 1. The lowest BCUT2D eigenvalue weighted by atomic mass is 10.7. The van der Waals surface area contributed by atoms with Crippen LogP contribution >= 0.6 is 0 Å². The normalized spacial score (nSPS) is 9.89. The highest BCUT2D eigenvalue weighted by Gasteiger charge is 1.91. The molecule has 0 spiro atoms. The summed E-state index contributed by atoms with van der Waals surface area (Å²) in [4.78, 5) is 6.80. The van der Waals surface area contributed by atoms with Gasteiger partial charge in [0.25, 0.3) is 0 Å². The van der Waals surface area contributed by atoms with Crippen LogP contribution in [-0.4, -0.2) is 16.6 Å². The van der Waals surface area contributed by atoms with Crippen molar-refractivity contribution in [3.05, 3.63) is 24.8 Å². The SMILES string of the molecule is CCO[CH]c1ncc[nH]1. The number of aromatic amines is 1. The third-order valence-corrected chi connectivity index (χ3v) is 0.881. The van der Waals surface area contributed by atoms with Crippen LogP contribution in [0.1, 0.15) is 12.7 Å². The van der Waals surface area contributed by atoms with E-state index in [1.54, 1.807) is 19.0 Å². The van der Waals surface area contributed by atoms with Crippen LogP contribution in [0.15, 0.2) is 12.4 Å². The molecule has 0 saturated heterocycles. The Hall–Kier alpha value is -0.830. The van der Waals surface area contributed by atoms with Crippen molar-refractivity contribution in [2.45, 2.75) is 6.92 Å². The molecule has 1 N–H and O–H groups in total. The number of hydrogen-bond donors (Lipinski definition) is 1. The molecule has 0 aliphatic rings. The smallest absolute Gasteiger partial charge is 0.148 e. The second-order valence-corrected chi connectivity index (χ2v) is 1.55. The van der Waals surface area contributed by atoms with Crippen molar-refractivity contribution in [1.29, 1.82) is 0 Å². The van der Waals surface area contributed by atoms with Gasteiger partial charge >= 0.3 is 0 Å². The molecule has 0 fully saturated rings. The average molecular weight is 125 g/mol. The average Bonchev–Trinajstić information content (AvgIpc) is 2.34. The fourth-order valence-corrected chi connectivity index (χ4v) is 0.504. The van der Waals surface area contributed by atoms with E-state index < -0.39 is 0 Å². The second-order valence-electron chi connectivity index (χ2n) is 1.55. The van der Waals surface area contributed by atoms with Crippen molar-refractivity contribution in [2.75, 3.05) is 6.61 Å². The number of rotatable bonds is 3. The van der Waals surface area contributed by atoms with E-state index in [9.17, 15) is 0 Å². The van der Waals surface area contributed by atoms with Gasteiger partial charge in [0.05, 0.1) is 0 Å². The van der Waals surface area contributed by atoms with Crippen molar-refractivity contribution in [2.24, 2.45) is 0 Å². The molecule has 0 aromatic carbocycles. The van der Waals surface area contributed by atoms with Crippen LogP contribution in [0.25, 0.3) is 0 Å².